The van der Waals surface area contributed by atoms with E-state index in [0.29, 0.717) is 0 Å². The minimum absolute atomic E-state index is 0.00780. The molecule has 0 bridgehead atoms. The Balaban J connectivity index is 3.56. The molecule has 1 rings (SSSR count). The number of halogens is 3. The van der Waals surface area contributed by atoms with Crippen molar-refractivity contribution in [3.05, 3.63) is 16.4 Å². The fourth-order valence-corrected chi connectivity index (χ4v) is 2.16. The van der Waals surface area contributed by atoms with Crippen LogP contribution in [0.5, 0.6) is 5.75 Å². The van der Waals surface area contributed by atoms with E-state index in [4.69, 9.17) is 9.88 Å². The molecule has 0 aliphatic heterocycles. The second-order valence-electron chi connectivity index (χ2n) is 2.71. The molecule has 0 amide bonds. The van der Waals surface area contributed by atoms with Gasteiger partial charge in [-0.05, 0) is 15.9 Å². The first-order chi connectivity index (χ1) is 7.27. The summed E-state index contributed by atoms with van der Waals surface area (Å²) in [6.07, 6.45) is -3.05. The maximum Gasteiger partial charge on any atom is 0.281 e. The summed E-state index contributed by atoms with van der Waals surface area (Å²) in [6, 6.07) is 0.897. The SMILES string of the molecule is COc1cc(S(N)(=O)=O)c(C(F)F)nc1Br. The molecule has 0 aromatic carbocycles. The summed E-state index contributed by atoms with van der Waals surface area (Å²) in [6.45, 7) is 0. The molecule has 5 nitrogen and oxygen atoms in total. The third-order valence-electron chi connectivity index (χ3n) is 1.67. The molecule has 0 aliphatic carbocycles. The molecule has 0 saturated heterocycles. The van der Waals surface area contributed by atoms with Crippen molar-refractivity contribution in [2.75, 3.05) is 7.11 Å². The zero-order valence-electron chi connectivity index (χ0n) is 7.95. The maximum atomic E-state index is 12.5. The second kappa shape index (κ2) is 4.60. The van der Waals surface area contributed by atoms with E-state index in [9.17, 15) is 17.2 Å². The molecule has 0 aliphatic rings. The molecule has 9 heteroatoms. The van der Waals surface area contributed by atoms with Gasteiger partial charge in [0.05, 0.1) is 7.11 Å². The summed E-state index contributed by atoms with van der Waals surface area (Å²) >= 11 is 2.87. The third-order valence-corrected chi connectivity index (χ3v) is 3.18. The number of nitrogens with two attached hydrogens (primary N) is 1. The van der Waals surface area contributed by atoms with Gasteiger partial charge < -0.3 is 4.74 Å². The number of hydrogen-bond acceptors (Lipinski definition) is 4. The minimum atomic E-state index is -4.27. The van der Waals surface area contributed by atoms with Gasteiger partial charge in [0.15, 0.2) is 5.75 Å². The summed E-state index contributed by atoms with van der Waals surface area (Å²) < 4.78 is 51.9. The van der Waals surface area contributed by atoms with Gasteiger partial charge >= 0.3 is 0 Å². The molecular formula is C7H7BrF2N2O3S. The van der Waals surface area contributed by atoms with Crippen molar-refractivity contribution < 1.29 is 21.9 Å². The normalized spacial score (nSPS) is 11.9. The van der Waals surface area contributed by atoms with Crippen LogP contribution in [0.3, 0.4) is 0 Å². The number of rotatable bonds is 3. The summed E-state index contributed by atoms with van der Waals surface area (Å²) in [4.78, 5) is 2.64. The molecule has 0 fully saturated rings. The molecule has 2 N–H and O–H groups in total. The van der Waals surface area contributed by atoms with Gasteiger partial charge in [0, 0.05) is 6.07 Å². The summed E-state index contributed by atoms with van der Waals surface area (Å²) in [7, 11) is -3.02. The van der Waals surface area contributed by atoms with Gasteiger partial charge in [-0.2, -0.15) is 0 Å². The first-order valence-electron chi connectivity index (χ1n) is 3.82. The van der Waals surface area contributed by atoms with Crippen LogP contribution in [0, 0.1) is 0 Å². The van der Waals surface area contributed by atoms with Crippen LogP contribution in [0.1, 0.15) is 12.1 Å². The molecule has 1 aromatic rings. The number of hydrogen-bond donors (Lipinski definition) is 1. The van der Waals surface area contributed by atoms with Crippen LogP contribution in [-0.4, -0.2) is 20.5 Å². The Morgan fingerprint density at radius 3 is 2.50 bits per heavy atom. The number of methoxy groups -OCH3 is 1. The Labute approximate surface area is 98.8 Å². The highest BCUT2D eigenvalue weighted by Gasteiger charge is 2.24. The maximum absolute atomic E-state index is 12.5. The van der Waals surface area contributed by atoms with E-state index in [2.05, 4.69) is 20.9 Å². The van der Waals surface area contributed by atoms with Crippen molar-refractivity contribution >= 4 is 26.0 Å². The van der Waals surface area contributed by atoms with Gasteiger partial charge in [-0.15, -0.1) is 0 Å². The molecule has 1 aromatic heterocycles. The van der Waals surface area contributed by atoms with Crippen molar-refractivity contribution in [3.8, 4) is 5.75 Å². The van der Waals surface area contributed by atoms with Gasteiger partial charge in [0.2, 0.25) is 10.0 Å². The Morgan fingerprint density at radius 2 is 2.12 bits per heavy atom. The molecular weight excluding hydrogens is 310 g/mol. The predicted molar refractivity (Wildman–Crippen MR) is 54.8 cm³/mol. The number of sulfonamides is 1. The molecule has 16 heavy (non-hydrogen) atoms. The van der Waals surface area contributed by atoms with Crippen molar-refractivity contribution in [2.45, 2.75) is 11.3 Å². The quantitative estimate of drug-likeness (QED) is 0.855. The summed E-state index contributed by atoms with van der Waals surface area (Å²) in [5.74, 6) is 0.00780. The Morgan fingerprint density at radius 1 is 1.56 bits per heavy atom. The Hall–Kier alpha value is -0.800. The van der Waals surface area contributed by atoms with Crippen LogP contribution in [0.15, 0.2) is 15.6 Å². The van der Waals surface area contributed by atoms with Crippen LogP contribution in [-0.2, 0) is 10.0 Å². The lowest BCUT2D eigenvalue weighted by Crippen LogP contribution is -2.16. The van der Waals surface area contributed by atoms with Crippen molar-refractivity contribution in [3.63, 3.8) is 0 Å². The lowest BCUT2D eigenvalue weighted by molar-refractivity contribution is 0.142. The molecule has 1 heterocycles. The van der Waals surface area contributed by atoms with Crippen LogP contribution in [0.25, 0.3) is 0 Å². The standard InChI is InChI=1S/C7H7BrF2N2O3S/c1-15-3-2-4(16(11,13)14)5(7(9)10)12-6(3)8/h2,7H,1H3,(H2,11,13,14). The molecule has 0 unspecified atom stereocenters. The van der Waals surface area contributed by atoms with Gasteiger partial charge in [-0.3, -0.25) is 0 Å². The van der Waals surface area contributed by atoms with Crippen LogP contribution < -0.4 is 9.88 Å². The van der Waals surface area contributed by atoms with E-state index in [-0.39, 0.29) is 10.4 Å². The zero-order chi connectivity index (χ0) is 12.5. The van der Waals surface area contributed by atoms with Crippen molar-refractivity contribution in [2.24, 2.45) is 5.14 Å². The van der Waals surface area contributed by atoms with E-state index in [1.165, 1.54) is 7.11 Å². The van der Waals surface area contributed by atoms with Crippen LogP contribution in [0.4, 0.5) is 8.78 Å². The highest BCUT2D eigenvalue weighted by Crippen LogP contribution is 2.31. The molecule has 90 valence electrons. The highest BCUT2D eigenvalue weighted by molar-refractivity contribution is 9.10. The zero-order valence-corrected chi connectivity index (χ0v) is 10.3. The fraction of sp³-hybridized carbons (Fsp3) is 0.286. The average molecular weight is 317 g/mol. The van der Waals surface area contributed by atoms with E-state index < -0.39 is 27.0 Å². The summed E-state index contributed by atoms with van der Waals surface area (Å²) in [5, 5.41) is 4.80. The first kappa shape index (κ1) is 13.3. The average Bonchev–Trinajstić information content (AvgIpc) is 2.15. The highest BCUT2D eigenvalue weighted by atomic mass is 79.9. The number of nitrogens with zero attached hydrogens (tertiary/aromatic N) is 1. The van der Waals surface area contributed by atoms with E-state index in [0.717, 1.165) is 6.07 Å². The van der Waals surface area contributed by atoms with Gasteiger partial charge in [-0.25, -0.2) is 27.3 Å². The minimum Gasteiger partial charge on any atom is -0.494 e. The Kier molecular flexibility index (Phi) is 3.81. The molecule has 0 radical (unpaired) electrons. The fourth-order valence-electron chi connectivity index (χ4n) is 0.996. The van der Waals surface area contributed by atoms with Crippen molar-refractivity contribution in [1.29, 1.82) is 0 Å². The van der Waals surface area contributed by atoms with E-state index in [1.54, 1.807) is 0 Å². The van der Waals surface area contributed by atoms with E-state index >= 15 is 0 Å². The lowest BCUT2D eigenvalue weighted by Gasteiger charge is -2.09. The second-order valence-corrected chi connectivity index (χ2v) is 4.99. The van der Waals surface area contributed by atoms with Gasteiger partial charge in [0.25, 0.3) is 6.43 Å². The van der Waals surface area contributed by atoms with Crippen molar-refractivity contribution in [1.82, 2.24) is 4.98 Å². The summed E-state index contributed by atoms with van der Waals surface area (Å²) in [5.41, 5.74) is -0.907. The molecule has 0 spiro atoms. The number of primary sulfonamides is 1. The smallest absolute Gasteiger partial charge is 0.281 e. The molecule has 0 atom stereocenters. The van der Waals surface area contributed by atoms with Crippen LogP contribution in [0.2, 0.25) is 0 Å². The largest absolute Gasteiger partial charge is 0.494 e. The number of alkyl halides is 2. The predicted octanol–water partition coefficient (Wildman–Crippen LogP) is 1.44. The number of pyridine rings is 1. The Bertz CT molecular complexity index is 507. The third kappa shape index (κ3) is 2.66. The van der Waals surface area contributed by atoms with Gasteiger partial charge in [0.1, 0.15) is 15.2 Å². The monoisotopic (exact) mass is 316 g/mol. The lowest BCUT2D eigenvalue weighted by atomic mass is 10.3. The number of ether oxygens (including phenoxy) is 1. The van der Waals surface area contributed by atoms with Crippen LogP contribution >= 0.6 is 15.9 Å². The topological polar surface area (TPSA) is 82.3 Å². The van der Waals surface area contributed by atoms with Gasteiger partial charge in [-0.1, -0.05) is 0 Å². The van der Waals surface area contributed by atoms with E-state index in [1.807, 2.05) is 0 Å². The number of aromatic nitrogens is 1. The first-order valence-corrected chi connectivity index (χ1v) is 6.16. The molecule has 0 saturated carbocycles.